The van der Waals surface area contributed by atoms with Crippen LogP contribution in [-0.4, -0.2) is 29.0 Å². The van der Waals surface area contributed by atoms with Gasteiger partial charge >= 0.3 is 0 Å². The summed E-state index contributed by atoms with van der Waals surface area (Å²) in [5, 5.41) is 3.18. The van der Waals surface area contributed by atoms with E-state index in [1.54, 1.807) is 6.07 Å². The maximum absolute atomic E-state index is 13.2. The Hall–Kier alpha value is -3.41. The molecule has 1 aliphatic heterocycles. The van der Waals surface area contributed by atoms with Crippen molar-refractivity contribution in [1.29, 1.82) is 0 Å². The van der Waals surface area contributed by atoms with Crippen LogP contribution in [0, 0.1) is 6.92 Å². The average molecular weight is 388 g/mol. The molecule has 0 spiro atoms. The summed E-state index contributed by atoms with van der Waals surface area (Å²) in [5.74, 6) is 1.11. The van der Waals surface area contributed by atoms with Crippen molar-refractivity contribution in [2.24, 2.45) is 0 Å². The molecule has 1 aliphatic rings. The molecule has 0 atom stereocenters. The van der Waals surface area contributed by atoms with E-state index >= 15 is 0 Å². The van der Waals surface area contributed by atoms with Gasteiger partial charge in [0.2, 0.25) is 5.95 Å². The van der Waals surface area contributed by atoms with Crippen molar-refractivity contribution < 1.29 is 9.53 Å². The van der Waals surface area contributed by atoms with Crippen LogP contribution in [-0.2, 0) is 6.42 Å². The molecule has 0 fully saturated rings. The summed E-state index contributed by atoms with van der Waals surface area (Å²) in [5.41, 5.74) is 4.14. The number of amides is 1. The van der Waals surface area contributed by atoms with Gasteiger partial charge in [-0.2, -0.15) is 0 Å². The third-order valence-electron chi connectivity index (χ3n) is 4.85. The van der Waals surface area contributed by atoms with Crippen LogP contribution in [0.3, 0.4) is 0 Å². The van der Waals surface area contributed by atoms with Gasteiger partial charge in [0.15, 0.2) is 0 Å². The van der Waals surface area contributed by atoms with E-state index in [0.29, 0.717) is 24.8 Å². The fourth-order valence-electron chi connectivity index (χ4n) is 3.55. The second-order valence-corrected chi connectivity index (χ2v) is 6.99. The van der Waals surface area contributed by atoms with E-state index in [1.165, 1.54) is 5.56 Å². The molecule has 0 aliphatic carbocycles. The first-order valence-electron chi connectivity index (χ1n) is 9.89. The second-order valence-electron chi connectivity index (χ2n) is 6.99. The molecule has 0 bridgehead atoms. The number of anilines is 3. The molecule has 1 amide bonds. The zero-order chi connectivity index (χ0) is 20.2. The first-order valence-corrected chi connectivity index (χ1v) is 9.89. The predicted octanol–water partition coefficient (Wildman–Crippen LogP) is 4.52. The molecule has 1 aromatic heterocycles. The van der Waals surface area contributed by atoms with Crippen LogP contribution < -0.4 is 15.0 Å². The minimum Gasteiger partial charge on any atom is -0.494 e. The number of ether oxygens (including phenoxy) is 1. The minimum atomic E-state index is -0.0996. The molecular formula is C23H24N4O2. The molecule has 2 heterocycles. The fourth-order valence-corrected chi connectivity index (χ4v) is 3.55. The highest BCUT2D eigenvalue weighted by atomic mass is 16.5. The van der Waals surface area contributed by atoms with Gasteiger partial charge in [0.05, 0.1) is 6.61 Å². The lowest BCUT2D eigenvalue weighted by molar-refractivity contribution is 0.0980. The van der Waals surface area contributed by atoms with E-state index in [9.17, 15) is 4.79 Å². The quantitative estimate of drug-likeness (QED) is 0.696. The molecule has 4 rings (SSSR count). The van der Waals surface area contributed by atoms with E-state index < -0.39 is 0 Å². The maximum Gasteiger partial charge on any atom is 0.277 e. The zero-order valence-corrected chi connectivity index (χ0v) is 16.7. The van der Waals surface area contributed by atoms with Gasteiger partial charge in [0.25, 0.3) is 5.91 Å². The van der Waals surface area contributed by atoms with E-state index in [2.05, 4.69) is 21.4 Å². The van der Waals surface area contributed by atoms with Crippen molar-refractivity contribution in [2.45, 2.75) is 26.7 Å². The molecule has 29 heavy (non-hydrogen) atoms. The summed E-state index contributed by atoms with van der Waals surface area (Å²) < 4.78 is 5.47. The molecule has 0 saturated carbocycles. The van der Waals surface area contributed by atoms with E-state index in [1.807, 2.05) is 61.2 Å². The minimum absolute atomic E-state index is 0.0996. The zero-order valence-electron chi connectivity index (χ0n) is 16.7. The van der Waals surface area contributed by atoms with Crippen LogP contribution in [0.5, 0.6) is 5.75 Å². The molecule has 0 radical (unpaired) electrons. The Kier molecular flexibility index (Phi) is 5.42. The van der Waals surface area contributed by atoms with Crippen molar-refractivity contribution >= 4 is 23.2 Å². The largest absolute Gasteiger partial charge is 0.494 e. The number of rotatable bonds is 5. The Labute approximate surface area is 170 Å². The molecule has 0 unspecified atom stereocenters. The number of nitrogens with one attached hydrogen (secondary N) is 1. The van der Waals surface area contributed by atoms with E-state index in [0.717, 1.165) is 35.7 Å². The maximum atomic E-state index is 13.2. The second kappa shape index (κ2) is 8.31. The van der Waals surface area contributed by atoms with Gasteiger partial charge in [-0.25, -0.2) is 9.97 Å². The Bertz CT molecular complexity index is 1020. The monoisotopic (exact) mass is 388 g/mol. The van der Waals surface area contributed by atoms with E-state index in [-0.39, 0.29) is 5.91 Å². The number of hydrogen-bond donors (Lipinski definition) is 1. The smallest absolute Gasteiger partial charge is 0.277 e. The van der Waals surface area contributed by atoms with Crippen molar-refractivity contribution in [3.63, 3.8) is 0 Å². The standard InChI is InChI=1S/C23H24N4O2/c1-3-29-19-12-10-18(11-13-19)25-23-24-16(2)15-20(26-23)22(28)27-14-6-8-17-7-4-5-9-21(17)27/h4-5,7,9-13,15H,3,6,8,14H2,1-2H3,(H,24,25,26). The molecule has 6 heteroatoms. The van der Waals surface area contributed by atoms with Crippen molar-refractivity contribution in [3.05, 3.63) is 71.5 Å². The highest BCUT2D eigenvalue weighted by Crippen LogP contribution is 2.28. The Morgan fingerprint density at radius 1 is 1.14 bits per heavy atom. The fraction of sp³-hybridized carbons (Fsp3) is 0.261. The Morgan fingerprint density at radius 3 is 2.72 bits per heavy atom. The normalized spacial score (nSPS) is 13.0. The highest BCUT2D eigenvalue weighted by Gasteiger charge is 2.24. The first-order chi connectivity index (χ1) is 14.1. The van der Waals surface area contributed by atoms with Crippen LogP contribution in [0.4, 0.5) is 17.3 Å². The lowest BCUT2D eigenvalue weighted by Crippen LogP contribution is -2.36. The van der Waals surface area contributed by atoms with Crippen LogP contribution in [0.2, 0.25) is 0 Å². The van der Waals surface area contributed by atoms with Crippen molar-refractivity contribution in [2.75, 3.05) is 23.4 Å². The Morgan fingerprint density at radius 2 is 1.93 bits per heavy atom. The molecule has 6 nitrogen and oxygen atoms in total. The van der Waals surface area contributed by atoms with Gasteiger partial charge in [-0.15, -0.1) is 0 Å². The number of aromatic nitrogens is 2. The van der Waals surface area contributed by atoms with Gasteiger partial charge in [0, 0.05) is 23.6 Å². The number of para-hydroxylation sites is 1. The summed E-state index contributed by atoms with van der Waals surface area (Å²) >= 11 is 0. The van der Waals surface area contributed by atoms with Crippen LogP contribution in [0.25, 0.3) is 0 Å². The summed E-state index contributed by atoms with van der Waals surface area (Å²) in [6, 6.07) is 17.4. The topological polar surface area (TPSA) is 67.3 Å². The number of nitrogens with zero attached hydrogens (tertiary/aromatic N) is 3. The molecular weight excluding hydrogens is 364 g/mol. The molecule has 148 valence electrons. The highest BCUT2D eigenvalue weighted by molar-refractivity contribution is 6.05. The van der Waals surface area contributed by atoms with Gasteiger partial charge in [-0.05, 0) is 68.7 Å². The summed E-state index contributed by atoms with van der Waals surface area (Å²) in [6.45, 7) is 5.14. The molecule has 1 N–H and O–H groups in total. The van der Waals surface area contributed by atoms with Gasteiger partial charge in [-0.3, -0.25) is 4.79 Å². The summed E-state index contributed by atoms with van der Waals surface area (Å²) in [6.07, 6.45) is 1.94. The number of hydrogen-bond acceptors (Lipinski definition) is 5. The molecule has 0 saturated heterocycles. The van der Waals surface area contributed by atoms with Gasteiger partial charge in [-0.1, -0.05) is 18.2 Å². The average Bonchev–Trinajstić information content (AvgIpc) is 2.74. The lowest BCUT2D eigenvalue weighted by atomic mass is 10.0. The van der Waals surface area contributed by atoms with Crippen LogP contribution >= 0.6 is 0 Å². The van der Waals surface area contributed by atoms with Gasteiger partial charge in [0.1, 0.15) is 11.4 Å². The first kappa shape index (κ1) is 18.9. The number of carbonyl (C=O) groups excluding carboxylic acids is 1. The summed E-state index contributed by atoms with van der Waals surface area (Å²) in [7, 11) is 0. The molecule has 2 aromatic carbocycles. The van der Waals surface area contributed by atoms with Crippen molar-refractivity contribution in [3.8, 4) is 5.75 Å². The van der Waals surface area contributed by atoms with Crippen LogP contribution in [0.1, 0.15) is 35.1 Å². The van der Waals surface area contributed by atoms with Crippen molar-refractivity contribution in [1.82, 2.24) is 9.97 Å². The third kappa shape index (κ3) is 4.21. The predicted molar refractivity (Wildman–Crippen MR) is 114 cm³/mol. The summed E-state index contributed by atoms with van der Waals surface area (Å²) in [4.78, 5) is 24.0. The number of carbonyl (C=O) groups is 1. The van der Waals surface area contributed by atoms with Gasteiger partial charge < -0.3 is 15.0 Å². The number of aryl methyl sites for hydroxylation is 2. The Balaban J connectivity index is 1.58. The molecule has 3 aromatic rings. The van der Waals surface area contributed by atoms with E-state index in [4.69, 9.17) is 4.74 Å². The number of benzene rings is 2. The lowest BCUT2D eigenvalue weighted by Gasteiger charge is -2.29. The number of fused-ring (bicyclic) bond motifs is 1. The van der Waals surface area contributed by atoms with Crippen LogP contribution in [0.15, 0.2) is 54.6 Å². The third-order valence-corrected chi connectivity index (χ3v) is 4.85. The SMILES string of the molecule is CCOc1ccc(Nc2nc(C)cc(C(=O)N3CCCc4ccccc43)n2)cc1.